The number of anilines is 1. The summed E-state index contributed by atoms with van der Waals surface area (Å²) in [4.78, 5) is 27.2. The Hall–Kier alpha value is -2.00. The molecule has 0 atom stereocenters. The predicted molar refractivity (Wildman–Crippen MR) is 84.8 cm³/mol. The van der Waals surface area contributed by atoms with Gasteiger partial charge in [0.25, 0.3) is 0 Å². The van der Waals surface area contributed by atoms with Gasteiger partial charge in [0.1, 0.15) is 0 Å². The lowest BCUT2D eigenvalue weighted by Crippen LogP contribution is -2.38. The molecule has 3 rings (SSSR count). The number of morpholine rings is 1. The van der Waals surface area contributed by atoms with Crippen molar-refractivity contribution < 1.29 is 19.0 Å². The summed E-state index contributed by atoms with van der Waals surface area (Å²) in [7, 11) is 1.52. The van der Waals surface area contributed by atoms with Gasteiger partial charge in [-0.2, -0.15) is 15.0 Å². The summed E-state index contributed by atoms with van der Waals surface area (Å²) in [5, 5.41) is 2.90. The van der Waals surface area contributed by atoms with E-state index in [4.69, 9.17) is 14.2 Å². The highest BCUT2D eigenvalue weighted by Gasteiger charge is 2.22. The van der Waals surface area contributed by atoms with Crippen molar-refractivity contribution >= 4 is 11.9 Å². The molecule has 0 bridgehead atoms. The van der Waals surface area contributed by atoms with Gasteiger partial charge in [-0.3, -0.25) is 4.79 Å². The van der Waals surface area contributed by atoms with Gasteiger partial charge in [0.2, 0.25) is 11.9 Å². The highest BCUT2D eigenvalue weighted by atomic mass is 16.5. The molecule has 2 aliphatic heterocycles. The lowest BCUT2D eigenvalue weighted by atomic mass is 9.99. The molecule has 9 heteroatoms. The summed E-state index contributed by atoms with van der Waals surface area (Å²) in [6.07, 6.45) is 1.51. The van der Waals surface area contributed by atoms with E-state index in [2.05, 4.69) is 20.3 Å². The minimum Gasteiger partial charge on any atom is -0.467 e. The molecule has 0 radical (unpaired) electrons. The molecule has 0 saturated carbocycles. The zero-order valence-electron chi connectivity index (χ0n) is 13.9. The molecule has 2 saturated heterocycles. The average Bonchev–Trinajstić information content (AvgIpc) is 2.67. The fraction of sp³-hybridized carbons (Fsp3) is 0.733. The second-order valence-electron chi connectivity index (χ2n) is 5.74. The van der Waals surface area contributed by atoms with Crippen molar-refractivity contribution in [3.05, 3.63) is 5.82 Å². The number of carbonyl (C=O) groups excluding carboxylic acids is 1. The van der Waals surface area contributed by atoms with Gasteiger partial charge in [-0.15, -0.1) is 0 Å². The third-order valence-electron chi connectivity index (χ3n) is 4.14. The number of hydrogen-bond acceptors (Lipinski definition) is 8. The van der Waals surface area contributed by atoms with Crippen molar-refractivity contribution in [3.63, 3.8) is 0 Å². The van der Waals surface area contributed by atoms with E-state index in [0.717, 1.165) is 25.9 Å². The van der Waals surface area contributed by atoms with Gasteiger partial charge >= 0.3 is 6.01 Å². The molecule has 2 fully saturated rings. The smallest absolute Gasteiger partial charge is 0.321 e. The van der Waals surface area contributed by atoms with Crippen LogP contribution in [0.1, 0.15) is 18.7 Å². The predicted octanol–water partition coefficient (Wildman–Crippen LogP) is -0.240. The molecule has 3 heterocycles. The molecular weight excluding hydrogens is 314 g/mol. The van der Waals surface area contributed by atoms with Gasteiger partial charge < -0.3 is 24.4 Å². The van der Waals surface area contributed by atoms with Crippen LogP contribution >= 0.6 is 0 Å². The Labute approximate surface area is 140 Å². The van der Waals surface area contributed by atoms with Crippen LogP contribution in [-0.2, 0) is 20.8 Å². The summed E-state index contributed by atoms with van der Waals surface area (Å²) >= 11 is 0. The topological polar surface area (TPSA) is 98.7 Å². The maximum atomic E-state index is 12.2. The van der Waals surface area contributed by atoms with Crippen molar-refractivity contribution in [2.24, 2.45) is 5.92 Å². The van der Waals surface area contributed by atoms with Crippen LogP contribution in [0.3, 0.4) is 0 Å². The van der Waals surface area contributed by atoms with Crippen LogP contribution in [0.5, 0.6) is 6.01 Å². The van der Waals surface area contributed by atoms with E-state index in [9.17, 15) is 4.79 Å². The number of amides is 1. The molecule has 1 amide bonds. The fourth-order valence-electron chi connectivity index (χ4n) is 2.73. The normalized spacial score (nSPS) is 19.1. The molecule has 0 unspecified atom stereocenters. The summed E-state index contributed by atoms with van der Waals surface area (Å²) in [5.74, 6) is 1.07. The van der Waals surface area contributed by atoms with Crippen LogP contribution in [-0.4, -0.2) is 67.5 Å². The highest BCUT2D eigenvalue weighted by Crippen LogP contribution is 2.16. The molecule has 9 nitrogen and oxygen atoms in total. The monoisotopic (exact) mass is 337 g/mol. The number of rotatable bonds is 5. The minimum absolute atomic E-state index is 0.00111. The van der Waals surface area contributed by atoms with Gasteiger partial charge in [0, 0.05) is 32.2 Å². The Kier molecular flexibility index (Phi) is 5.76. The third-order valence-corrected chi connectivity index (χ3v) is 4.14. The Morgan fingerprint density at radius 1 is 1.17 bits per heavy atom. The van der Waals surface area contributed by atoms with Crippen molar-refractivity contribution in [1.82, 2.24) is 20.3 Å². The Bertz CT molecular complexity index is 559. The van der Waals surface area contributed by atoms with E-state index >= 15 is 0 Å². The van der Waals surface area contributed by atoms with Crippen LogP contribution < -0.4 is 15.0 Å². The molecule has 132 valence electrons. The van der Waals surface area contributed by atoms with E-state index in [1.54, 1.807) is 0 Å². The fourth-order valence-corrected chi connectivity index (χ4v) is 2.73. The molecule has 2 aliphatic rings. The number of carbonyl (C=O) groups is 1. The van der Waals surface area contributed by atoms with Crippen molar-refractivity contribution in [1.29, 1.82) is 0 Å². The van der Waals surface area contributed by atoms with E-state index in [1.807, 2.05) is 4.90 Å². The second-order valence-corrected chi connectivity index (χ2v) is 5.74. The van der Waals surface area contributed by atoms with Crippen molar-refractivity contribution in [3.8, 4) is 6.01 Å². The molecule has 1 N–H and O–H groups in total. The van der Waals surface area contributed by atoms with E-state index in [0.29, 0.717) is 38.2 Å². The van der Waals surface area contributed by atoms with Gasteiger partial charge in [-0.1, -0.05) is 0 Å². The van der Waals surface area contributed by atoms with E-state index in [1.165, 1.54) is 7.11 Å². The number of nitrogens with zero attached hydrogens (tertiary/aromatic N) is 4. The Balaban J connectivity index is 1.64. The van der Waals surface area contributed by atoms with Crippen molar-refractivity contribution in [2.75, 3.05) is 51.5 Å². The summed E-state index contributed by atoms with van der Waals surface area (Å²) in [6, 6.07) is 0.252. The average molecular weight is 337 g/mol. The van der Waals surface area contributed by atoms with Gasteiger partial charge in [-0.05, 0) is 12.8 Å². The lowest BCUT2D eigenvalue weighted by Gasteiger charge is -2.27. The van der Waals surface area contributed by atoms with Gasteiger partial charge in [-0.25, -0.2) is 0 Å². The minimum atomic E-state index is 0.00111. The maximum Gasteiger partial charge on any atom is 0.321 e. The molecule has 0 aliphatic carbocycles. The van der Waals surface area contributed by atoms with Crippen LogP contribution in [0, 0.1) is 5.92 Å². The van der Waals surface area contributed by atoms with Crippen molar-refractivity contribution in [2.45, 2.75) is 19.4 Å². The summed E-state index contributed by atoms with van der Waals surface area (Å²) < 4.78 is 15.8. The first-order valence-electron chi connectivity index (χ1n) is 8.23. The largest absolute Gasteiger partial charge is 0.467 e. The Morgan fingerprint density at radius 2 is 1.88 bits per heavy atom. The number of aromatic nitrogens is 3. The molecule has 0 spiro atoms. The summed E-state index contributed by atoms with van der Waals surface area (Å²) in [6.45, 7) is 4.26. The second kappa shape index (κ2) is 8.20. The molecule has 0 aromatic carbocycles. The number of ether oxygens (including phenoxy) is 3. The Morgan fingerprint density at radius 3 is 2.58 bits per heavy atom. The lowest BCUT2D eigenvalue weighted by molar-refractivity contribution is -0.128. The third kappa shape index (κ3) is 4.30. The first kappa shape index (κ1) is 16.8. The molecule has 24 heavy (non-hydrogen) atoms. The zero-order chi connectivity index (χ0) is 16.8. The molecular formula is C15H23N5O4. The highest BCUT2D eigenvalue weighted by molar-refractivity contribution is 5.78. The van der Waals surface area contributed by atoms with Crippen LogP contribution in [0.2, 0.25) is 0 Å². The summed E-state index contributed by atoms with van der Waals surface area (Å²) in [5.41, 5.74) is 0. The van der Waals surface area contributed by atoms with E-state index in [-0.39, 0.29) is 24.4 Å². The standard InChI is InChI=1S/C15H23N5O4/c1-22-15-18-12(10-16-13(21)11-2-6-23-7-3-11)17-14(19-15)20-4-8-24-9-5-20/h11H,2-10H2,1H3,(H,16,21). The first-order chi connectivity index (χ1) is 11.8. The van der Waals surface area contributed by atoms with Crippen LogP contribution in [0.25, 0.3) is 0 Å². The molecule has 1 aromatic heterocycles. The molecule has 1 aromatic rings. The first-order valence-corrected chi connectivity index (χ1v) is 8.23. The number of methoxy groups -OCH3 is 1. The van der Waals surface area contributed by atoms with E-state index < -0.39 is 0 Å². The van der Waals surface area contributed by atoms with Crippen LogP contribution in [0.4, 0.5) is 5.95 Å². The maximum absolute atomic E-state index is 12.2. The number of hydrogen-bond donors (Lipinski definition) is 1. The zero-order valence-corrected chi connectivity index (χ0v) is 13.9. The quantitative estimate of drug-likeness (QED) is 0.786. The van der Waals surface area contributed by atoms with Gasteiger partial charge in [0.15, 0.2) is 5.82 Å². The van der Waals surface area contributed by atoms with Crippen LogP contribution in [0.15, 0.2) is 0 Å². The number of nitrogens with one attached hydrogen (secondary N) is 1. The SMILES string of the molecule is COc1nc(CNC(=O)C2CCOCC2)nc(N2CCOCC2)n1. The van der Waals surface area contributed by atoms with Gasteiger partial charge in [0.05, 0.1) is 26.9 Å².